The number of amides is 3. The number of aryl methyl sites for hydroxylation is 1. The second-order valence-electron chi connectivity index (χ2n) is 9.26. The van der Waals surface area contributed by atoms with Gasteiger partial charge in [-0.05, 0) is 56.5 Å². The molecule has 4 N–H and O–H groups in total. The highest BCUT2D eigenvalue weighted by Gasteiger charge is 2.23. The van der Waals surface area contributed by atoms with Gasteiger partial charge in [-0.15, -0.1) is 0 Å². The summed E-state index contributed by atoms with van der Waals surface area (Å²) in [7, 11) is 3.16. The molecule has 1 aromatic heterocycles. The molecular weight excluding hydrogens is 484 g/mol. The van der Waals surface area contributed by atoms with Crippen molar-refractivity contribution in [3.63, 3.8) is 0 Å². The monoisotopic (exact) mass is 516 g/mol. The third kappa shape index (κ3) is 5.81. The Hall–Kier alpha value is -4.31. The van der Waals surface area contributed by atoms with Crippen molar-refractivity contribution in [3.05, 3.63) is 81.8 Å². The summed E-state index contributed by atoms with van der Waals surface area (Å²) in [6, 6.07) is 14.0. The largest absolute Gasteiger partial charge is 0.355 e. The van der Waals surface area contributed by atoms with E-state index in [2.05, 4.69) is 32.3 Å². The molecule has 1 heterocycles. The summed E-state index contributed by atoms with van der Waals surface area (Å²) < 4.78 is 1.23. The number of carbonyl (C=O) groups excluding carboxylic acids is 3. The molecule has 3 amide bonds. The third-order valence-electron chi connectivity index (χ3n) is 6.75. The van der Waals surface area contributed by atoms with Crippen LogP contribution in [0, 0.1) is 0 Å². The van der Waals surface area contributed by atoms with E-state index in [0.29, 0.717) is 11.1 Å². The Morgan fingerprint density at radius 1 is 1.11 bits per heavy atom. The fourth-order valence-corrected chi connectivity index (χ4v) is 4.56. The first-order chi connectivity index (χ1) is 18.3. The van der Waals surface area contributed by atoms with Gasteiger partial charge in [-0.3, -0.25) is 23.7 Å². The van der Waals surface area contributed by atoms with Crippen LogP contribution in [0.3, 0.4) is 0 Å². The third-order valence-corrected chi connectivity index (χ3v) is 6.75. The van der Waals surface area contributed by atoms with Crippen LogP contribution in [0.15, 0.2) is 59.5 Å². The maximum Gasteiger partial charge on any atom is 0.278 e. The Morgan fingerprint density at radius 3 is 2.66 bits per heavy atom. The summed E-state index contributed by atoms with van der Waals surface area (Å²) >= 11 is 0. The maximum atomic E-state index is 13.5. The van der Waals surface area contributed by atoms with Crippen LogP contribution in [0.1, 0.15) is 47.3 Å². The predicted molar refractivity (Wildman–Crippen MR) is 145 cm³/mol. The van der Waals surface area contributed by atoms with E-state index < -0.39 is 17.5 Å². The van der Waals surface area contributed by atoms with Gasteiger partial charge in [0, 0.05) is 18.2 Å². The van der Waals surface area contributed by atoms with E-state index >= 15 is 0 Å². The smallest absolute Gasteiger partial charge is 0.278 e. The summed E-state index contributed by atoms with van der Waals surface area (Å²) in [6.45, 7) is 1.35. The minimum absolute atomic E-state index is 0.0425. The van der Waals surface area contributed by atoms with Crippen LogP contribution in [-0.2, 0) is 22.6 Å². The molecule has 0 fully saturated rings. The molecule has 0 spiro atoms. The minimum Gasteiger partial charge on any atom is -0.355 e. The van der Waals surface area contributed by atoms with E-state index in [0.717, 1.165) is 24.8 Å². The SMILES string of the molecule is CNC(=O)c1cccc(-c2ncc(NC(=O)C(C)NC)c(=O)n2CC(=O)NC2CCCc3ccccc32)c1. The van der Waals surface area contributed by atoms with E-state index in [1.807, 2.05) is 18.2 Å². The number of rotatable bonds is 8. The van der Waals surface area contributed by atoms with Crippen LogP contribution in [0.4, 0.5) is 5.69 Å². The first kappa shape index (κ1) is 26.7. The highest BCUT2D eigenvalue weighted by molar-refractivity contribution is 5.95. The van der Waals surface area contributed by atoms with Crippen LogP contribution in [0.2, 0.25) is 0 Å². The number of carbonyl (C=O) groups is 3. The van der Waals surface area contributed by atoms with Crippen molar-refractivity contribution >= 4 is 23.4 Å². The molecule has 1 aliphatic carbocycles. The van der Waals surface area contributed by atoms with Crippen LogP contribution < -0.4 is 26.8 Å². The molecule has 3 aromatic rings. The molecule has 10 heteroatoms. The normalized spacial score (nSPS) is 15.2. The second-order valence-corrected chi connectivity index (χ2v) is 9.26. The Balaban J connectivity index is 1.69. The number of benzene rings is 2. The lowest BCUT2D eigenvalue weighted by Gasteiger charge is -2.26. The molecule has 38 heavy (non-hydrogen) atoms. The first-order valence-electron chi connectivity index (χ1n) is 12.6. The average Bonchev–Trinajstić information content (AvgIpc) is 2.94. The molecule has 0 aliphatic heterocycles. The Kier molecular flexibility index (Phi) is 8.32. The van der Waals surface area contributed by atoms with Gasteiger partial charge in [0.2, 0.25) is 11.8 Å². The van der Waals surface area contributed by atoms with E-state index in [-0.39, 0.29) is 35.9 Å². The maximum absolute atomic E-state index is 13.5. The van der Waals surface area contributed by atoms with Gasteiger partial charge >= 0.3 is 0 Å². The summed E-state index contributed by atoms with van der Waals surface area (Å²) in [5.41, 5.74) is 2.54. The van der Waals surface area contributed by atoms with Crippen molar-refractivity contribution in [2.24, 2.45) is 0 Å². The first-order valence-corrected chi connectivity index (χ1v) is 12.6. The number of anilines is 1. The number of likely N-dealkylation sites (N-methyl/N-ethyl adjacent to an activating group) is 1. The summed E-state index contributed by atoms with van der Waals surface area (Å²) in [6.07, 6.45) is 3.99. The molecular formula is C28H32N6O4. The molecule has 198 valence electrons. The molecule has 2 unspecified atom stereocenters. The number of fused-ring (bicyclic) bond motifs is 1. The topological polar surface area (TPSA) is 134 Å². The van der Waals surface area contributed by atoms with Gasteiger partial charge in [-0.1, -0.05) is 36.4 Å². The molecule has 2 atom stereocenters. The lowest BCUT2D eigenvalue weighted by atomic mass is 9.88. The van der Waals surface area contributed by atoms with E-state index in [9.17, 15) is 19.2 Å². The van der Waals surface area contributed by atoms with Gasteiger partial charge in [0.15, 0.2) is 0 Å². The molecule has 0 saturated carbocycles. The number of hydrogen-bond acceptors (Lipinski definition) is 6. The highest BCUT2D eigenvalue weighted by atomic mass is 16.2. The average molecular weight is 517 g/mol. The molecule has 4 rings (SSSR count). The number of aromatic nitrogens is 2. The van der Waals surface area contributed by atoms with Crippen molar-refractivity contribution in [1.29, 1.82) is 0 Å². The van der Waals surface area contributed by atoms with Gasteiger partial charge in [0.05, 0.1) is 18.3 Å². The van der Waals surface area contributed by atoms with Crippen LogP contribution in [0.25, 0.3) is 11.4 Å². The van der Waals surface area contributed by atoms with Crippen LogP contribution in [0.5, 0.6) is 0 Å². The van der Waals surface area contributed by atoms with Gasteiger partial charge in [-0.25, -0.2) is 4.98 Å². The van der Waals surface area contributed by atoms with Gasteiger partial charge in [-0.2, -0.15) is 0 Å². The minimum atomic E-state index is -0.573. The molecule has 2 aromatic carbocycles. The molecule has 0 saturated heterocycles. The van der Waals surface area contributed by atoms with Crippen molar-refractivity contribution in [2.75, 3.05) is 19.4 Å². The molecule has 1 aliphatic rings. The molecule has 0 radical (unpaired) electrons. The molecule has 10 nitrogen and oxygen atoms in total. The summed E-state index contributed by atoms with van der Waals surface area (Å²) in [5, 5.41) is 11.1. The number of hydrogen-bond donors (Lipinski definition) is 4. The number of nitrogens with zero attached hydrogens (tertiary/aromatic N) is 2. The Bertz CT molecular complexity index is 1420. The lowest BCUT2D eigenvalue weighted by Crippen LogP contribution is -2.40. The fourth-order valence-electron chi connectivity index (χ4n) is 4.56. The zero-order valence-electron chi connectivity index (χ0n) is 21.7. The second kappa shape index (κ2) is 11.8. The van der Waals surface area contributed by atoms with E-state index in [4.69, 9.17) is 0 Å². The van der Waals surface area contributed by atoms with Crippen molar-refractivity contribution in [3.8, 4) is 11.4 Å². The van der Waals surface area contributed by atoms with Crippen molar-refractivity contribution in [1.82, 2.24) is 25.5 Å². The van der Waals surface area contributed by atoms with Crippen LogP contribution >= 0.6 is 0 Å². The van der Waals surface area contributed by atoms with Crippen molar-refractivity contribution in [2.45, 2.75) is 44.8 Å². The zero-order valence-corrected chi connectivity index (χ0v) is 21.7. The zero-order chi connectivity index (χ0) is 27.2. The van der Waals surface area contributed by atoms with Gasteiger partial charge in [0.25, 0.3) is 11.5 Å². The van der Waals surface area contributed by atoms with Crippen molar-refractivity contribution < 1.29 is 14.4 Å². The van der Waals surface area contributed by atoms with Gasteiger partial charge < -0.3 is 21.3 Å². The summed E-state index contributed by atoms with van der Waals surface area (Å²) in [4.78, 5) is 55.9. The van der Waals surface area contributed by atoms with Crippen LogP contribution in [-0.4, -0.2) is 47.4 Å². The predicted octanol–water partition coefficient (Wildman–Crippen LogP) is 2.01. The highest BCUT2D eigenvalue weighted by Crippen LogP contribution is 2.29. The Labute approximate surface area is 220 Å². The number of nitrogens with one attached hydrogen (secondary N) is 4. The molecule has 0 bridgehead atoms. The summed E-state index contributed by atoms with van der Waals surface area (Å²) in [5.74, 6) is -0.846. The van der Waals surface area contributed by atoms with E-state index in [1.54, 1.807) is 38.2 Å². The standard InChI is InChI=1S/C28H32N6O4/c1-17(29-2)26(36)33-23-15-31-25(19-10-6-11-20(14-19)27(37)30-3)34(28(23)38)16-24(35)32-22-13-7-9-18-8-4-5-12-21(18)22/h4-6,8,10-12,14-15,17,22,29H,7,9,13,16H2,1-3H3,(H,30,37)(H,32,35)(H,33,36). The Morgan fingerprint density at radius 2 is 1.89 bits per heavy atom. The lowest BCUT2D eigenvalue weighted by molar-refractivity contribution is -0.122. The quantitative estimate of drug-likeness (QED) is 0.362. The van der Waals surface area contributed by atoms with Gasteiger partial charge in [0.1, 0.15) is 18.1 Å². The fraction of sp³-hybridized carbons (Fsp3) is 0.321. The van der Waals surface area contributed by atoms with E-state index in [1.165, 1.54) is 23.4 Å².